The van der Waals surface area contributed by atoms with Crippen LogP contribution in [0.5, 0.6) is 5.75 Å². The van der Waals surface area contributed by atoms with Crippen molar-refractivity contribution < 1.29 is 5.11 Å². The van der Waals surface area contributed by atoms with Crippen LogP contribution in [0.15, 0.2) is 18.2 Å². The molecular weight excluding hydrogens is 330 g/mol. The Morgan fingerprint density at radius 1 is 1.16 bits per heavy atom. The van der Waals surface area contributed by atoms with Crippen molar-refractivity contribution in [3.05, 3.63) is 29.3 Å². The van der Waals surface area contributed by atoms with Crippen LogP contribution in [-0.2, 0) is 11.8 Å². The number of hydrogen-bond acceptors (Lipinski definition) is 2. The van der Waals surface area contributed by atoms with Gasteiger partial charge in [-0.25, -0.2) is 0 Å². The van der Waals surface area contributed by atoms with E-state index >= 15 is 0 Å². The van der Waals surface area contributed by atoms with Gasteiger partial charge in [-0.3, -0.25) is 4.90 Å². The average molecular weight is 364 g/mol. The van der Waals surface area contributed by atoms with E-state index in [0.29, 0.717) is 11.2 Å². The van der Waals surface area contributed by atoms with Gasteiger partial charge in [-0.15, -0.1) is 12.4 Å². The number of fused-ring (bicyclic) bond motifs is 1. The van der Waals surface area contributed by atoms with Crippen LogP contribution in [0.1, 0.15) is 75.8 Å². The second-order valence-electron chi connectivity index (χ2n) is 8.47. The number of nitrogens with zero attached hydrogens (tertiary/aromatic N) is 1. The van der Waals surface area contributed by atoms with Gasteiger partial charge >= 0.3 is 0 Å². The van der Waals surface area contributed by atoms with Crippen LogP contribution in [-0.4, -0.2) is 29.1 Å². The van der Waals surface area contributed by atoms with Gasteiger partial charge in [-0.1, -0.05) is 45.1 Å². The summed E-state index contributed by atoms with van der Waals surface area (Å²) in [6.07, 6.45) is 13.5. The first-order valence-electron chi connectivity index (χ1n) is 10.3. The summed E-state index contributed by atoms with van der Waals surface area (Å²) in [6, 6.07) is 6.98. The number of likely N-dealkylation sites (tertiary alicyclic amines) is 1. The fourth-order valence-corrected chi connectivity index (χ4v) is 6.09. The highest BCUT2D eigenvalue weighted by atomic mass is 35.5. The second-order valence-corrected chi connectivity index (χ2v) is 8.47. The van der Waals surface area contributed by atoms with Gasteiger partial charge in [-0.2, -0.15) is 0 Å². The van der Waals surface area contributed by atoms with Gasteiger partial charge in [-0.05, 0) is 74.4 Å². The maximum Gasteiger partial charge on any atom is 0.115 e. The molecule has 3 heteroatoms. The van der Waals surface area contributed by atoms with Crippen LogP contribution in [0.4, 0.5) is 0 Å². The molecule has 1 heterocycles. The molecule has 0 spiro atoms. The molecule has 1 saturated heterocycles. The zero-order valence-electron chi connectivity index (χ0n) is 15.7. The predicted molar refractivity (Wildman–Crippen MR) is 107 cm³/mol. The van der Waals surface area contributed by atoms with Crippen LogP contribution in [0.2, 0.25) is 0 Å². The van der Waals surface area contributed by atoms with Crippen molar-refractivity contribution in [2.45, 2.75) is 82.6 Å². The van der Waals surface area contributed by atoms with Crippen LogP contribution in [0.25, 0.3) is 0 Å². The van der Waals surface area contributed by atoms with E-state index in [9.17, 15) is 5.11 Å². The molecule has 1 saturated carbocycles. The fourth-order valence-electron chi connectivity index (χ4n) is 6.09. The molecule has 3 atom stereocenters. The van der Waals surface area contributed by atoms with E-state index in [4.69, 9.17) is 0 Å². The molecule has 2 nitrogen and oxygen atoms in total. The van der Waals surface area contributed by atoms with Gasteiger partial charge < -0.3 is 5.11 Å². The van der Waals surface area contributed by atoms with Gasteiger partial charge in [0.25, 0.3) is 0 Å². The molecule has 1 aromatic carbocycles. The fraction of sp³-hybridized carbons (Fsp3) is 0.727. The lowest BCUT2D eigenvalue weighted by atomic mass is 9.52. The van der Waals surface area contributed by atoms with Gasteiger partial charge in [0, 0.05) is 11.5 Å². The zero-order chi connectivity index (χ0) is 16.6. The summed E-state index contributed by atoms with van der Waals surface area (Å²) in [6.45, 7) is 4.86. The molecule has 2 fully saturated rings. The SMILES string of the molecule is CCCCCCN1CC[C@@]23CCCC[C@H]2[C@@H]1Cc1ccc(O)cc13.Cl. The van der Waals surface area contributed by atoms with Gasteiger partial charge in [0.15, 0.2) is 0 Å². The summed E-state index contributed by atoms with van der Waals surface area (Å²) in [5.41, 5.74) is 3.40. The minimum Gasteiger partial charge on any atom is -0.508 e. The van der Waals surface area contributed by atoms with E-state index in [1.165, 1.54) is 88.4 Å². The van der Waals surface area contributed by atoms with Gasteiger partial charge in [0.2, 0.25) is 0 Å². The summed E-state index contributed by atoms with van der Waals surface area (Å²) in [5.74, 6) is 1.29. The van der Waals surface area contributed by atoms with Crippen molar-refractivity contribution in [2.75, 3.05) is 13.1 Å². The van der Waals surface area contributed by atoms with Crippen molar-refractivity contribution in [3.8, 4) is 5.75 Å². The standard InChI is InChI=1S/C22H33NO.ClH/c1-2-3-4-7-13-23-14-12-22-11-6-5-8-19(22)21(23)15-17-9-10-18(24)16-20(17)22;/h9-10,16,19,21,24H,2-8,11-15H2,1H3;1H/t19-,21-,22-;/m0./s1. The third-order valence-electron chi connectivity index (χ3n) is 7.23. The number of unbranched alkanes of at least 4 members (excludes halogenated alkanes) is 3. The lowest BCUT2D eigenvalue weighted by Crippen LogP contribution is -2.60. The maximum atomic E-state index is 10.1. The summed E-state index contributed by atoms with van der Waals surface area (Å²) in [5, 5.41) is 10.1. The highest BCUT2D eigenvalue weighted by Crippen LogP contribution is 2.56. The number of aromatic hydroxyl groups is 1. The molecule has 0 radical (unpaired) electrons. The Labute approximate surface area is 159 Å². The molecule has 2 bridgehead atoms. The largest absolute Gasteiger partial charge is 0.508 e. The molecule has 0 unspecified atom stereocenters. The third-order valence-corrected chi connectivity index (χ3v) is 7.23. The van der Waals surface area contributed by atoms with Gasteiger partial charge in [0.1, 0.15) is 5.75 Å². The molecule has 0 aromatic heterocycles. The summed E-state index contributed by atoms with van der Waals surface area (Å²) >= 11 is 0. The lowest BCUT2D eigenvalue weighted by Gasteiger charge is -2.59. The smallest absolute Gasteiger partial charge is 0.115 e. The number of hydrogen-bond donors (Lipinski definition) is 1. The highest BCUT2D eigenvalue weighted by Gasteiger charge is 2.53. The quantitative estimate of drug-likeness (QED) is 0.703. The average Bonchev–Trinajstić information content (AvgIpc) is 2.61. The number of halogens is 1. The summed E-state index contributed by atoms with van der Waals surface area (Å²) < 4.78 is 0. The Morgan fingerprint density at radius 2 is 2.04 bits per heavy atom. The van der Waals surface area contributed by atoms with Crippen LogP contribution in [0.3, 0.4) is 0 Å². The van der Waals surface area contributed by atoms with E-state index in [-0.39, 0.29) is 12.4 Å². The first kappa shape index (κ1) is 19.0. The van der Waals surface area contributed by atoms with Crippen molar-refractivity contribution in [2.24, 2.45) is 5.92 Å². The van der Waals surface area contributed by atoms with E-state index in [1.54, 1.807) is 0 Å². The number of phenols is 1. The minimum atomic E-state index is 0. The van der Waals surface area contributed by atoms with Crippen LogP contribution >= 0.6 is 12.4 Å². The molecule has 4 rings (SSSR count). The molecule has 0 amide bonds. The van der Waals surface area contributed by atoms with Gasteiger partial charge in [0.05, 0.1) is 0 Å². The Morgan fingerprint density at radius 3 is 2.88 bits per heavy atom. The topological polar surface area (TPSA) is 23.5 Å². The Hall–Kier alpha value is -0.730. The van der Waals surface area contributed by atoms with E-state index in [1.807, 2.05) is 6.07 Å². The normalized spacial score (nSPS) is 30.9. The zero-order valence-corrected chi connectivity index (χ0v) is 16.5. The first-order valence-corrected chi connectivity index (χ1v) is 10.3. The van der Waals surface area contributed by atoms with Crippen molar-refractivity contribution in [1.82, 2.24) is 4.90 Å². The van der Waals surface area contributed by atoms with Crippen LogP contribution in [0, 0.1) is 5.92 Å². The maximum absolute atomic E-state index is 10.1. The van der Waals surface area contributed by atoms with E-state index in [0.717, 1.165) is 12.0 Å². The second kappa shape index (κ2) is 7.88. The van der Waals surface area contributed by atoms with Crippen molar-refractivity contribution >= 4 is 12.4 Å². The molecule has 140 valence electrons. The number of benzene rings is 1. The Balaban J connectivity index is 0.00000182. The molecular formula is C22H34ClNO. The third kappa shape index (κ3) is 3.32. The first-order chi connectivity index (χ1) is 11.7. The number of rotatable bonds is 5. The van der Waals surface area contributed by atoms with E-state index in [2.05, 4.69) is 24.0 Å². The van der Waals surface area contributed by atoms with Crippen LogP contribution < -0.4 is 0 Å². The van der Waals surface area contributed by atoms with Crippen molar-refractivity contribution in [3.63, 3.8) is 0 Å². The number of phenolic OH excluding ortho intramolecular Hbond substituents is 1. The molecule has 1 N–H and O–H groups in total. The Kier molecular flexibility index (Phi) is 6.00. The lowest BCUT2D eigenvalue weighted by molar-refractivity contribution is -0.0120. The monoisotopic (exact) mass is 363 g/mol. The molecule has 3 aliphatic rings. The molecule has 1 aliphatic heterocycles. The summed E-state index contributed by atoms with van der Waals surface area (Å²) in [4.78, 5) is 2.83. The molecule has 25 heavy (non-hydrogen) atoms. The highest BCUT2D eigenvalue weighted by molar-refractivity contribution is 5.85. The Bertz CT molecular complexity index is 589. The molecule has 1 aromatic rings. The minimum absolute atomic E-state index is 0. The number of piperidine rings is 1. The molecule has 2 aliphatic carbocycles. The van der Waals surface area contributed by atoms with E-state index < -0.39 is 0 Å². The predicted octanol–water partition coefficient (Wildman–Crippen LogP) is 5.45. The summed E-state index contributed by atoms with van der Waals surface area (Å²) in [7, 11) is 0. The van der Waals surface area contributed by atoms with Crippen molar-refractivity contribution in [1.29, 1.82) is 0 Å².